The van der Waals surface area contributed by atoms with Gasteiger partial charge in [-0.2, -0.15) is 0 Å². The lowest BCUT2D eigenvalue weighted by Crippen LogP contribution is -2.17. The molecule has 0 spiro atoms. The third-order valence-electron chi connectivity index (χ3n) is 2.86. The van der Waals surface area contributed by atoms with Gasteiger partial charge >= 0.3 is 0 Å². The average molecular weight is 240 g/mol. The molecule has 1 N–H and O–H groups in total. The summed E-state index contributed by atoms with van der Waals surface area (Å²) in [6.07, 6.45) is 3.58. The molecule has 0 saturated carbocycles. The first-order valence-electron chi connectivity index (χ1n) is 6.01. The van der Waals surface area contributed by atoms with E-state index < -0.39 is 7.37 Å². The Bertz CT molecular complexity index is 342. The molecule has 0 amide bonds. The van der Waals surface area contributed by atoms with Crippen LogP contribution in [0, 0.1) is 0 Å². The monoisotopic (exact) mass is 240 g/mol. The van der Waals surface area contributed by atoms with Gasteiger partial charge in [-0.3, -0.25) is 4.57 Å². The van der Waals surface area contributed by atoms with Crippen LogP contribution in [0.1, 0.15) is 39.5 Å². The van der Waals surface area contributed by atoms with Gasteiger partial charge in [-0.1, -0.05) is 44.9 Å². The zero-order valence-corrected chi connectivity index (χ0v) is 11.0. The smallest absolute Gasteiger partial charge is 0.232 e. The van der Waals surface area contributed by atoms with Crippen LogP contribution in [0.3, 0.4) is 0 Å². The van der Waals surface area contributed by atoms with Gasteiger partial charge in [0.2, 0.25) is 7.37 Å². The highest BCUT2D eigenvalue weighted by Crippen LogP contribution is 2.48. The summed E-state index contributed by atoms with van der Waals surface area (Å²) in [5.74, 6) is 0. The number of rotatable bonds is 6. The summed E-state index contributed by atoms with van der Waals surface area (Å²) < 4.78 is 12.5. The number of hydrogen-bond acceptors (Lipinski definition) is 1. The first kappa shape index (κ1) is 13.5. The molecule has 0 aliphatic carbocycles. The zero-order valence-electron chi connectivity index (χ0n) is 10.1. The molecule has 1 aromatic rings. The SMILES string of the molecule is CCCC(CCC)P(=O)(O)c1ccccc1. The van der Waals surface area contributed by atoms with Crippen LogP contribution in [0.15, 0.2) is 30.3 Å². The molecule has 16 heavy (non-hydrogen) atoms. The van der Waals surface area contributed by atoms with E-state index in [9.17, 15) is 9.46 Å². The van der Waals surface area contributed by atoms with Gasteiger partial charge in [0.05, 0.1) is 0 Å². The largest absolute Gasteiger partial charge is 0.341 e. The summed E-state index contributed by atoms with van der Waals surface area (Å²) in [4.78, 5) is 10.3. The van der Waals surface area contributed by atoms with E-state index in [2.05, 4.69) is 13.8 Å². The van der Waals surface area contributed by atoms with Crippen LogP contribution in [0.25, 0.3) is 0 Å². The molecule has 1 atom stereocenters. The average Bonchev–Trinajstić information content (AvgIpc) is 2.30. The van der Waals surface area contributed by atoms with Crippen molar-refractivity contribution in [3.05, 3.63) is 30.3 Å². The summed E-state index contributed by atoms with van der Waals surface area (Å²) in [7, 11) is -3.19. The van der Waals surface area contributed by atoms with Gasteiger partial charge < -0.3 is 4.89 Å². The summed E-state index contributed by atoms with van der Waals surface area (Å²) in [6.45, 7) is 4.13. The molecule has 1 aromatic carbocycles. The van der Waals surface area contributed by atoms with Crippen LogP contribution in [-0.4, -0.2) is 10.6 Å². The van der Waals surface area contributed by atoms with Crippen molar-refractivity contribution >= 4 is 12.7 Å². The Morgan fingerprint density at radius 1 is 1.12 bits per heavy atom. The van der Waals surface area contributed by atoms with Crippen molar-refractivity contribution in [3.8, 4) is 0 Å². The molecule has 0 bridgehead atoms. The van der Waals surface area contributed by atoms with E-state index in [1.807, 2.05) is 18.2 Å². The summed E-state index contributed by atoms with van der Waals surface area (Å²) in [5.41, 5.74) is -0.0788. The van der Waals surface area contributed by atoms with Crippen molar-refractivity contribution < 1.29 is 9.46 Å². The van der Waals surface area contributed by atoms with E-state index in [1.165, 1.54) is 0 Å². The van der Waals surface area contributed by atoms with Crippen LogP contribution >= 0.6 is 7.37 Å². The third kappa shape index (κ3) is 3.20. The Kier molecular flexibility index (Phi) is 5.24. The molecular formula is C13H21O2P. The minimum Gasteiger partial charge on any atom is -0.341 e. The highest BCUT2D eigenvalue weighted by atomic mass is 31.2. The van der Waals surface area contributed by atoms with Crippen molar-refractivity contribution in [2.45, 2.75) is 45.2 Å². The number of hydrogen-bond donors (Lipinski definition) is 1. The summed E-state index contributed by atoms with van der Waals surface area (Å²) in [6, 6.07) is 9.05. The quantitative estimate of drug-likeness (QED) is 0.772. The minimum absolute atomic E-state index is 0.0788. The van der Waals surface area contributed by atoms with Gasteiger partial charge in [0.25, 0.3) is 0 Å². The van der Waals surface area contributed by atoms with Crippen molar-refractivity contribution in [1.82, 2.24) is 0 Å². The van der Waals surface area contributed by atoms with Gasteiger partial charge in [-0.25, -0.2) is 0 Å². The van der Waals surface area contributed by atoms with Crippen LogP contribution in [-0.2, 0) is 4.57 Å². The maximum Gasteiger partial charge on any atom is 0.232 e. The molecule has 3 heteroatoms. The van der Waals surface area contributed by atoms with E-state index in [1.54, 1.807) is 12.1 Å². The maximum absolute atomic E-state index is 12.5. The standard InChI is InChI=1S/C13H21O2P/c1-3-8-12(9-4-2)16(14,15)13-10-6-5-7-11-13/h5-7,10-12H,3-4,8-9H2,1-2H3,(H,14,15). The molecule has 90 valence electrons. The molecule has 0 radical (unpaired) electrons. The molecule has 0 aliphatic rings. The Hall–Kier alpha value is -0.590. The van der Waals surface area contributed by atoms with Crippen LogP contribution in [0.2, 0.25) is 0 Å². The lowest BCUT2D eigenvalue weighted by Gasteiger charge is -2.22. The van der Waals surface area contributed by atoms with E-state index in [0.717, 1.165) is 25.7 Å². The minimum atomic E-state index is -3.19. The van der Waals surface area contributed by atoms with Crippen LogP contribution in [0.4, 0.5) is 0 Å². The van der Waals surface area contributed by atoms with Crippen LogP contribution in [0.5, 0.6) is 0 Å². The van der Waals surface area contributed by atoms with Gasteiger partial charge in [0.15, 0.2) is 0 Å². The molecule has 1 rings (SSSR count). The maximum atomic E-state index is 12.5. The zero-order chi connectivity index (χ0) is 12.0. The van der Waals surface area contributed by atoms with E-state index in [-0.39, 0.29) is 5.66 Å². The fraction of sp³-hybridized carbons (Fsp3) is 0.538. The molecule has 0 heterocycles. The molecule has 0 aromatic heterocycles. The molecule has 0 fully saturated rings. The molecule has 0 aliphatic heterocycles. The fourth-order valence-corrected chi connectivity index (χ4v) is 4.25. The summed E-state index contributed by atoms with van der Waals surface area (Å²) in [5, 5.41) is 0.599. The first-order chi connectivity index (χ1) is 7.62. The predicted molar refractivity (Wildman–Crippen MR) is 69.5 cm³/mol. The van der Waals surface area contributed by atoms with Crippen molar-refractivity contribution in [2.75, 3.05) is 0 Å². The number of benzene rings is 1. The van der Waals surface area contributed by atoms with E-state index >= 15 is 0 Å². The lowest BCUT2D eigenvalue weighted by molar-refractivity contribution is 0.461. The Balaban J connectivity index is 2.93. The predicted octanol–water partition coefficient (Wildman–Crippen LogP) is 3.55. The Morgan fingerprint density at radius 3 is 2.06 bits per heavy atom. The molecule has 0 saturated heterocycles. The topological polar surface area (TPSA) is 37.3 Å². The fourth-order valence-electron chi connectivity index (χ4n) is 2.01. The van der Waals surface area contributed by atoms with E-state index in [0.29, 0.717) is 5.30 Å². The highest BCUT2D eigenvalue weighted by Gasteiger charge is 2.30. The highest BCUT2D eigenvalue weighted by molar-refractivity contribution is 7.66. The molecule has 2 nitrogen and oxygen atoms in total. The van der Waals surface area contributed by atoms with Crippen molar-refractivity contribution in [1.29, 1.82) is 0 Å². The van der Waals surface area contributed by atoms with E-state index in [4.69, 9.17) is 0 Å². The van der Waals surface area contributed by atoms with Crippen molar-refractivity contribution in [2.24, 2.45) is 0 Å². The van der Waals surface area contributed by atoms with Gasteiger partial charge in [0.1, 0.15) is 0 Å². The van der Waals surface area contributed by atoms with Crippen LogP contribution < -0.4 is 5.30 Å². The van der Waals surface area contributed by atoms with Gasteiger partial charge in [0, 0.05) is 11.0 Å². The second-order valence-corrected chi connectivity index (χ2v) is 6.68. The third-order valence-corrected chi connectivity index (χ3v) is 5.41. The van der Waals surface area contributed by atoms with Crippen molar-refractivity contribution in [3.63, 3.8) is 0 Å². The molecule has 1 unspecified atom stereocenters. The second kappa shape index (κ2) is 6.22. The lowest BCUT2D eigenvalue weighted by atomic mass is 10.2. The second-order valence-electron chi connectivity index (χ2n) is 4.19. The Morgan fingerprint density at radius 2 is 1.62 bits per heavy atom. The molecular weight excluding hydrogens is 219 g/mol. The van der Waals surface area contributed by atoms with Gasteiger partial charge in [-0.15, -0.1) is 0 Å². The normalized spacial score (nSPS) is 15.0. The van der Waals surface area contributed by atoms with Gasteiger partial charge in [-0.05, 0) is 25.0 Å². The Labute approximate surface area is 98.2 Å². The first-order valence-corrected chi connectivity index (χ1v) is 7.73. The summed E-state index contributed by atoms with van der Waals surface area (Å²) >= 11 is 0.